The molecule has 2 aliphatic rings. The van der Waals surface area contributed by atoms with E-state index in [1.54, 1.807) is 0 Å². The number of aryl methyl sites for hydroxylation is 1. The maximum Gasteiger partial charge on any atom is 0.328 e. The molecule has 0 radical (unpaired) electrons. The van der Waals surface area contributed by atoms with Gasteiger partial charge < -0.3 is 16.4 Å². The largest absolute Gasteiger partial charge is 0.365 e. The quantitative estimate of drug-likeness (QED) is 0.507. The lowest BCUT2D eigenvalue weighted by atomic mass is 10.2. The van der Waals surface area contributed by atoms with E-state index in [1.807, 2.05) is 4.98 Å². The van der Waals surface area contributed by atoms with E-state index in [-0.39, 0.29) is 30.5 Å². The summed E-state index contributed by atoms with van der Waals surface area (Å²) in [6.07, 6.45) is 4.64. The van der Waals surface area contributed by atoms with Crippen LogP contribution in [-0.4, -0.2) is 40.0 Å². The molecule has 3 unspecified atom stereocenters. The van der Waals surface area contributed by atoms with Crippen LogP contribution in [0.5, 0.6) is 0 Å². The molecule has 1 aromatic heterocycles. The Hall–Kier alpha value is -2.42. The molecule has 1 aromatic rings. The van der Waals surface area contributed by atoms with Crippen molar-refractivity contribution >= 4 is 11.8 Å². The van der Waals surface area contributed by atoms with Crippen molar-refractivity contribution in [3.63, 3.8) is 0 Å². The van der Waals surface area contributed by atoms with Crippen LogP contribution in [0.3, 0.4) is 0 Å². The van der Waals surface area contributed by atoms with Gasteiger partial charge in [-0.05, 0) is 25.3 Å². The fourth-order valence-electron chi connectivity index (χ4n) is 3.31. The Morgan fingerprint density at radius 3 is 2.88 bits per heavy atom. The summed E-state index contributed by atoms with van der Waals surface area (Å²) in [5.41, 5.74) is 3.29. The summed E-state index contributed by atoms with van der Waals surface area (Å²) < 4.78 is 1.12. The second-order valence-electron chi connectivity index (χ2n) is 6.34. The number of rotatable bonds is 5. The zero-order valence-corrected chi connectivity index (χ0v) is 13.2. The van der Waals surface area contributed by atoms with Gasteiger partial charge in [-0.3, -0.25) is 23.9 Å². The van der Waals surface area contributed by atoms with Crippen molar-refractivity contribution in [2.75, 3.05) is 6.54 Å². The molecule has 0 bridgehead atoms. The van der Waals surface area contributed by atoms with E-state index in [1.165, 1.54) is 12.8 Å². The number of hydrogen-bond acceptors (Lipinski definition) is 5. The molecule has 0 aromatic carbocycles. The van der Waals surface area contributed by atoms with Gasteiger partial charge in [0.05, 0.1) is 0 Å². The van der Waals surface area contributed by atoms with Crippen LogP contribution >= 0.6 is 0 Å². The molecule has 2 amide bonds. The van der Waals surface area contributed by atoms with Gasteiger partial charge in [0.15, 0.2) is 0 Å². The number of H-pyrrole nitrogens is 1. The van der Waals surface area contributed by atoms with Gasteiger partial charge in [-0.1, -0.05) is 6.42 Å². The van der Waals surface area contributed by atoms with Gasteiger partial charge >= 0.3 is 5.69 Å². The first kappa shape index (κ1) is 16.4. The number of hydrogen-bond donors (Lipinski definition) is 4. The van der Waals surface area contributed by atoms with Gasteiger partial charge in [0.1, 0.15) is 5.56 Å². The molecule has 1 saturated heterocycles. The fraction of sp³-hybridized carbons (Fsp3) is 0.600. The second-order valence-corrected chi connectivity index (χ2v) is 6.34. The van der Waals surface area contributed by atoms with Gasteiger partial charge in [-0.2, -0.15) is 0 Å². The SMILES string of the molecule is NC(=O)c1cn(CCC(=O)NC2C3CCCCNC32)c(=O)[nH]c1=O. The van der Waals surface area contributed by atoms with Crippen LogP contribution in [-0.2, 0) is 11.3 Å². The molecule has 2 heterocycles. The first-order chi connectivity index (χ1) is 11.5. The molecule has 1 saturated carbocycles. The van der Waals surface area contributed by atoms with Crippen LogP contribution in [0.25, 0.3) is 0 Å². The molecule has 5 N–H and O–H groups in total. The minimum atomic E-state index is -0.918. The summed E-state index contributed by atoms with van der Waals surface area (Å²) in [6, 6.07) is 0.514. The molecular formula is C15H21N5O4. The number of carbonyl (C=O) groups is 2. The Morgan fingerprint density at radius 2 is 2.12 bits per heavy atom. The average Bonchev–Trinajstić information content (AvgIpc) is 3.22. The summed E-state index contributed by atoms with van der Waals surface area (Å²) >= 11 is 0. The number of aromatic amines is 1. The highest BCUT2D eigenvalue weighted by molar-refractivity contribution is 5.91. The zero-order chi connectivity index (χ0) is 17.3. The molecule has 3 atom stereocenters. The van der Waals surface area contributed by atoms with Crippen LogP contribution in [0.4, 0.5) is 0 Å². The van der Waals surface area contributed by atoms with Crippen LogP contribution < -0.4 is 27.6 Å². The molecule has 1 aliphatic carbocycles. The minimum Gasteiger partial charge on any atom is -0.365 e. The van der Waals surface area contributed by atoms with Gasteiger partial charge in [-0.25, -0.2) is 4.79 Å². The summed E-state index contributed by atoms with van der Waals surface area (Å²) in [6.45, 7) is 1.05. The fourth-order valence-corrected chi connectivity index (χ4v) is 3.31. The third-order valence-corrected chi connectivity index (χ3v) is 4.70. The van der Waals surface area contributed by atoms with E-state index in [9.17, 15) is 19.2 Å². The molecule has 0 spiro atoms. The number of fused-ring (bicyclic) bond motifs is 1. The Bertz CT molecular complexity index is 756. The third kappa shape index (κ3) is 3.40. The number of nitrogens with one attached hydrogen (secondary N) is 3. The predicted octanol–water partition coefficient (Wildman–Crippen LogP) is -1.72. The molecule has 2 fully saturated rings. The number of primary amides is 1. The van der Waals surface area contributed by atoms with Crippen molar-refractivity contribution in [1.29, 1.82) is 0 Å². The summed E-state index contributed by atoms with van der Waals surface area (Å²) in [5.74, 6) is -0.582. The first-order valence-corrected chi connectivity index (χ1v) is 8.13. The molecular weight excluding hydrogens is 314 g/mol. The van der Waals surface area contributed by atoms with E-state index < -0.39 is 17.2 Å². The van der Waals surface area contributed by atoms with Crippen LogP contribution in [0, 0.1) is 5.92 Å². The lowest BCUT2D eigenvalue weighted by Crippen LogP contribution is -2.37. The van der Waals surface area contributed by atoms with Crippen molar-refractivity contribution < 1.29 is 9.59 Å². The lowest BCUT2D eigenvalue weighted by Gasteiger charge is -2.09. The zero-order valence-electron chi connectivity index (χ0n) is 13.2. The maximum absolute atomic E-state index is 12.1. The topological polar surface area (TPSA) is 139 Å². The Kier molecular flexibility index (Phi) is 4.52. The van der Waals surface area contributed by atoms with E-state index >= 15 is 0 Å². The molecule has 130 valence electrons. The van der Waals surface area contributed by atoms with Gasteiger partial charge in [0.25, 0.3) is 11.5 Å². The van der Waals surface area contributed by atoms with Crippen molar-refractivity contribution in [3.05, 3.63) is 32.6 Å². The predicted molar refractivity (Wildman–Crippen MR) is 85.5 cm³/mol. The molecule has 3 rings (SSSR count). The van der Waals surface area contributed by atoms with Crippen molar-refractivity contribution in [3.8, 4) is 0 Å². The molecule has 1 aliphatic heterocycles. The molecule has 9 nitrogen and oxygen atoms in total. The Balaban J connectivity index is 1.57. The van der Waals surface area contributed by atoms with Gasteiger partial charge in [0, 0.05) is 31.2 Å². The Labute approximate surface area is 137 Å². The van der Waals surface area contributed by atoms with Crippen LogP contribution in [0.1, 0.15) is 36.0 Å². The van der Waals surface area contributed by atoms with Crippen LogP contribution in [0.2, 0.25) is 0 Å². The highest BCUT2D eigenvalue weighted by Crippen LogP contribution is 2.37. The number of carbonyl (C=O) groups excluding carboxylic acids is 2. The minimum absolute atomic E-state index is 0.0667. The number of nitrogens with two attached hydrogens (primary N) is 1. The molecule has 24 heavy (non-hydrogen) atoms. The monoisotopic (exact) mass is 335 g/mol. The standard InChI is InChI=1S/C15H21N5O4/c16-13(22)9-7-20(15(24)19-14(9)23)6-4-10(21)18-12-8-3-1-2-5-17-11(8)12/h7-8,11-12,17H,1-6H2,(H2,16,22)(H,18,21)(H,19,23,24). The first-order valence-electron chi connectivity index (χ1n) is 8.13. The lowest BCUT2D eigenvalue weighted by molar-refractivity contribution is -0.121. The number of aromatic nitrogens is 2. The highest BCUT2D eigenvalue weighted by atomic mass is 16.2. The van der Waals surface area contributed by atoms with E-state index in [4.69, 9.17) is 5.73 Å². The smallest absolute Gasteiger partial charge is 0.328 e. The van der Waals surface area contributed by atoms with Crippen molar-refractivity contribution in [1.82, 2.24) is 20.2 Å². The maximum atomic E-state index is 12.1. The van der Waals surface area contributed by atoms with E-state index in [0.29, 0.717) is 12.0 Å². The number of nitrogens with zero attached hydrogens (tertiary/aromatic N) is 1. The van der Waals surface area contributed by atoms with Crippen LogP contribution in [0.15, 0.2) is 15.8 Å². The second kappa shape index (κ2) is 6.60. The normalized spacial score (nSPS) is 25.4. The summed E-state index contributed by atoms with van der Waals surface area (Å²) in [5, 5.41) is 6.40. The van der Waals surface area contributed by atoms with Gasteiger partial charge in [0.2, 0.25) is 5.91 Å². The highest BCUT2D eigenvalue weighted by Gasteiger charge is 2.50. The average molecular weight is 335 g/mol. The number of amides is 2. The third-order valence-electron chi connectivity index (χ3n) is 4.70. The summed E-state index contributed by atoms with van der Waals surface area (Å²) in [4.78, 5) is 48.4. The Morgan fingerprint density at radius 1 is 1.33 bits per heavy atom. The summed E-state index contributed by atoms with van der Waals surface area (Å²) in [7, 11) is 0. The van der Waals surface area contributed by atoms with Crippen molar-refractivity contribution in [2.45, 2.75) is 44.3 Å². The van der Waals surface area contributed by atoms with E-state index in [0.717, 1.165) is 23.7 Å². The molecule has 9 heteroatoms. The van der Waals surface area contributed by atoms with Crippen molar-refractivity contribution in [2.24, 2.45) is 11.7 Å². The van der Waals surface area contributed by atoms with E-state index in [2.05, 4.69) is 10.6 Å². The van der Waals surface area contributed by atoms with Gasteiger partial charge in [-0.15, -0.1) is 0 Å².